The highest BCUT2D eigenvalue weighted by molar-refractivity contribution is 5.82. The Hall–Kier alpha value is -2.18. The van der Waals surface area contributed by atoms with Gasteiger partial charge in [-0.1, -0.05) is 0 Å². The average Bonchev–Trinajstić information content (AvgIpc) is 2.35. The molecule has 110 valence electrons. The fourth-order valence-corrected chi connectivity index (χ4v) is 1.29. The van der Waals surface area contributed by atoms with E-state index in [4.69, 9.17) is 4.74 Å². The molecule has 0 aromatic carbocycles. The van der Waals surface area contributed by atoms with Crippen molar-refractivity contribution < 1.29 is 19.1 Å². The lowest BCUT2D eigenvalue weighted by atomic mass is 10.2. The number of ether oxygens (including phenoxy) is 2. The average molecular weight is 281 g/mol. The summed E-state index contributed by atoms with van der Waals surface area (Å²) in [6.45, 7) is 5.30. The molecule has 1 aromatic heterocycles. The van der Waals surface area contributed by atoms with Gasteiger partial charge in [-0.05, 0) is 32.8 Å². The first-order valence-corrected chi connectivity index (χ1v) is 6.18. The number of methoxy groups -OCH3 is 1. The van der Waals surface area contributed by atoms with E-state index in [1.54, 1.807) is 33.2 Å². The van der Waals surface area contributed by atoms with Crippen molar-refractivity contribution in [3.63, 3.8) is 0 Å². The number of carbonyl (C=O) groups excluding carboxylic acids is 2. The van der Waals surface area contributed by atoms with Crippen LogP contribution in [0.2, 0.25) is 0 Å². The van der Waals surface area contributed by atoms with E-state index in [0.717, 1.165) is 5.56 Å². The Morgan fingerprint density at radius 3 is 2.35 bits per heavy atom. The zero-order valence-corrected chi connectivity index (χ0v) is 12.1. The van der Waals surface area contributed by atoms with E-state index in [1.807, 2.05) is 0 Å². The van der Waals surface area contributed by atoms with Crippen LogP contribution in [0.4, 0.5) is 10.7 Å². The first-order chi connectivity index (χ1) is 9.30. The molecule has 0 aliphatic carbocycles. The van der Waals surface area contributed by atoms with Gasteiger partial charge in [0.2, 0.25) is 5.95 Å². The smallest absolute Gasteiger partial charge is 0.414 e. The molecule has 0 saturated carbocycles. The molecular weight excluding hydrogens is 262 g/mol. The van der Waals surface area contributed by atoms with Crippen molar-refractivity contribution in [2.75, 3.05) is 12.4 Å². The second kappa shape index (κ2) is 6.83. The molecule has 0 atom stereocenters. The van der Waals surface area contributed by atoms with Crippen LogP contribution in [0, 0.1) is 0 Å². The zero-order chi connectivity index (χ0) is 15.2. The summed E-state index contributed by atoms with van der Waals surface area (Å²) >= 11 is 0. The van der Waals surface area contributed by atoms with Crippen LogP contribution in [0.3, 0.4) is 0 Å². The molecule has 0 unspecified atom stereocenters. The minimum atomic E-state index is -0.611. The predicted octanol–water partition coefficient (Wildman–Crippen LogP) is 1.93. The number of nitrogens with zero attached hydrogens (tertiary/aromatic N) is 2. The lowest BCUT2D eigenvalue weighted by Crippen LogP contribution is -2.27. The standard InChI is InChI=1S/C13H19N3O4/c1-13(2,3)20-12(18)16-11-14-7-9(8-15-11)5-6-10(17)19-4/h7-8H,5-6H2,1-4H3,(H,14,15,16,18). The molecule has 7 nitrogen and oxygen atoms in total. The molecule has 0 aliphatic rings. The van der Waals surface area contributed by atoms with Crippen LogP contribution < -0.4 is 5.32 Å². The molecule has 0 spiro atoms. The van der Waals surface area contributed by atoms with Crippen LogP contribution in [0.25, 0.3) is 0 Å². The highest BCUT2D eigenvalue weighted by Crippen LogP contribution is 2.09. The van der Waals surface area contributed by atoms with Gasteiger partial charge in [0.1, 0.15) is 5.60 Å². The van der Waals surface area contributed by atoms with E-state index in [0.29, 0.717) is 6.42 Å². The summed E-state index contributed by atoms with van der Waals surface area (Å²) in [5, 5.41) is 2.43. The Morgan fingerprint density at radius 1 is 1.25 bits per heavy atom. The Labute approximate surface area is 117 Å². The van der Waals surface area contributed by atoms with Crippen LogP contribution in [0.5, 0.6) is 0 Å². The van der Waals surface area contributed by atoms with Crippen molar-refractivity contribution in [3.8, 4) is 0 Å². The topological polar surface area (TPSA) is 90.4 Å². The number of amides is 1. The third kappa shape index (κ3) is 6.12. The highest BCUT2D eigenvalue weighted by Gasteiger charge is 2.16. The number of rotatable bonds is 4. The van der Waals surface area contributed by atoms with Crippen LogP contribution in [-0.4, -0.2) is 34.7 Å². The van der Waals surface area contributed by atoms with E-state index >= 15 is 0 Å². The SMILES string of the molecule is COC(=O)CCc1cnc(NC(=O)OC(C)(C)C)nc1. The second-order valence-corrected chi connectivity index (χ2v) is 5.12. The molecule has 0 bridgehead atoms. The summed E-state index contributed by atoms with van der Waals surface area (Å²) in [5.41, 5.74) is 0.204. The maximum Gasteiger partial charge on any atom is 0.414 e. The van der Waals surface area contributed by atoms with Gasteiger partial charge in [-0.2, -0.15) is 0 Å². The summed E-state index contributed by atoms with van der Waals surface area (Å²) in [7, 11) is 1.34. The molecule has 20 heavy (non-hydrogen) atoms. The van der Waals surface area contributed by atoms with Gasteiger partial charge in [-0.15, -0.1) is 0 Å². The van der Waals surface area contributed by atoms with Gasteiger partial charge in [0.15, 0.2) is 0 Å². The van der Waals surface area contributed by atoms with Crippen molar-refractivity contribution in [1.82, 2.24) is 9.97 Å². The number of esters is 1. The third-order valence-electron chi connectivity index (χ3n) is 2.16. The molecule has 1 rings (SSSR count). The molecule has 7 heteroatoms. The number of aromatic nitrogens is 2. The molecule has 0 radical (unpaired) electrons. The number of hydrogen-bond acceptors (Lipinski definition) is 6. The Bertz CT molecular complexity index is 465. The van der Waals surface area contributed by atoms with Crippen LogP contribution in [-0.2, 0) is 20.7 Å². The van der Waals surface area contributed by atoms with Crippen LogP contribution in [0.15, 0.2) is 12.4 Å². The van der Waals surface area contributed by atoms with Crippen molar-refractivity contribution in [2.45, 2.75) is 39.2 Å². The van der Waals surface area contributed by atoms with Gasteiger partial charge in [0.25, 0.3) is 0 Å². The fourth-order valence-electron chi connectivity index (χ4n) is 1.29. The van der Waals surface area contributed by atoms with Crippen molar-refractivity contribution in [2.24, 2.45) is 0 Å². The zero-order valence-electron chi connectivity index (χ0n) is 12.1. The van der Waals surface area contributed by atoms with E-state index < -0.39 is 11.7 Å². The van der Waals surface area contributed by atoms with Gasteiger partial charge in [0.05, 0.1) is 7.11 Å². The minimum absolute atomic E-state index is 0.154. The Kier molecular flexibility index (Phi) is 5.42. The summed E-state index contributed by atoms with van der Waals surface area (Å²) in [4.78, 5) is 30.4. The molecule has 1 amide bonds. The molecule has 1 heterocycles. The normalized spacial score (nSPS) is 10.8. The Morgan fingerprint density at radius 2 is 1.85 bits per heavy atom. The van der Waals surface area contributed by atoms with E-state index in [9.17, 15) is 9.59 Å². The summed E-state index contributed by atoms with van der Waals surface area (Å²) in [6.07, 6.45) is 3.23. The maximum absolute atomic E-state index is 11.5. The maximum atomic E-state index is 11.5. The number of nitrogens with one attached hydrogen (secondary N) is 1. The summed E-state index contributed by atoms with van der Waals surface area (Å²) < 4.78 is 9.62. The molecular formula is C13H19N3O4. The largest absolute Gasteiger partial charge is 0.469 e. The van der Waals surface area contributed by atoms with Gasteiger partial charge in [0, 0.05) is 18.8 Å². The first-order valence-electron chi connectivity index (χ1n) is 6.18. The first kappa shape index (κ1) is 15.9. The van der Waals surface area contributed by atoms with Crippen molar-refractivity contribution in [1.29, 1.82) is 0 Å². The molecule has 0 fully saturated rings. The summed E-state index contributed by atoms with van der Waals surface area (Å²) in [6, 6.07) is 0. The molecule has 0 aliphatic heterocycles. The fraction of sp³-hybridized carbons (Fsp3) is 0.538. The third-order valence-corrected chi connectivity index (χ3v) is 2.16. The number of anilines is 1. The van der Waals surface area contributed by atoms with Gasteiger partial charge in [-0.3, -0.25) is 10.1 Å². The number of hydrogen-bond donors (Lipinski definition) is 1. The van der Waals surface area contributed by atoms with Crippen molar-refractivity contribution >= 4 is 18.0 Å². The Balaban J connectivity index is 2.50. The van der Waals surface area contributed by atoms with Crippen molar-refractivity contribution in [3.05, 3.63) is 18.0 Å². The van der Waals surface area contributed by atoms with Gasteiger partial charge < -0.3 is 9.47 Å². The number of aryl methyl sites for hydroxylation is 1. The van der Waals surface area contributed by atoms with E-state index in [-0.39, 0.29) is 18.3 Å². The quantitative estimate of drug-likeness (QED) is 0.848. The monoisotopic (exact) mass is 281 g/mol. The summed E-state index contributed by atoms with van der Waals surface area (Å²) in [5.74, 6) is -0.137. The predicted molar refractivity (Wildman–Crippen MR) is 72.2 cm³/mol. The van der Waals surface area contributed by atoms with E-state index in [2.05, 4.69) is 20.0 Å². The van der Waals surface area contributed by atoms with Gasteiger partial charge in [-0.25, -0.2) is 14.8 Å². The molecule has 0 saturated heterocycles. The molecule has 1 N–H and O–H groups in total. The van der Waals surface area contributed by atoms with E-state index in [1.165, 1.54) is 7.11 Å². The lowest BCUT2D eigenvalue weighted by molar-refractivity contribution is -0.140. The van der Waals surface area contributed by atoms with Crippen LogP contribution in [0.1, 0.15) is 32.8 Å². The second-order valence-electron chi connectivity index (χ2n) is 5.12. The minimum Gasteiger partial charge on any atom is -0.469 e. The van der Waals surface area contributed by atoms with Gasteiger partial charge >= 0.3 is 12.1 Å². The highest BCUT2D eigenvalue weighted by atomic mass is 16.6. The lowest BCUT2D eigenvalue weighted by Gasteiger charge is -2.19. The van der Waals surface area contributed by atoms with Crippen LogP contribution >= 0.6 is 0 Å². The molecule has 1 aromatic rings. The number of carbonyl (C=O) groups is 2.